The van der Waals surface area contributed by atoms with Gasteiger partial charge in [-0.05, 0) is 42.7 Å². The zero-order valence-electron chi connectivity index (χ0n) is 15.0. The van der Waals surface area contributed by atoms with Crippen LogP contribution in [0.15, 0.2) is 45.0 Å². The summed E-state index contributed by atoms with van der Waals surface area (Å²) in [6.45, 7) is 6.22. The third kappa shape index (κ3) is 2.71. The van der Waals surface area contributed by atoms with Crippen molar-refractivity contribution in [3.63, 3.8) is 0 Å². The molecule has 0 fully saturated rings. The fourth-order valence-electron chi connectivity index (χ4n) is 4.00. The maximum atomic E-state index is 13.0. The largest absolute Gasteiger partial charge is 0.338 e. The molecule has 0 radical (unpaired) electrons. The number of Topliss-reactive ketones (excluding diaryl/α,β-unsaturated/α-hetero) is 1. The van der Waals surface area contributed by atoms with Gasteiger partial charge in [-0.15, -0.1) is 11.8 Å². The fraction of sp³-hybridized carbons (Fsp3) is 0.400. The van der Waals surface area contributed by atoms with Crippen LogP contribution in [0.1, 0.15) is 49.4 Å². The third-order valence-corrected chi connectivity index (χ3v) is 5.86. The molecule has 1 N–H and O–H groups in total. The summed E-state index contributed by atoms with van der Waals surface area (Å²) in [6, 6.07) is 8.47. The molecular formula is C20H22N2O2S. The second-order valence-electron chi connectivity index (χ2n) is 7.68. The van der Waals surface area contributed by atoms with E-state index in [2.05, 4.69) is 54.8 Å². The molecule has 0 spiro atoms. The van der Waals surface area contributed by atoms with Gasteiger partial charge < -0.3 is 9.84 Å². The van der Waals surface area contributed by atoms with Gasteiger partial charge in [-0.1, -0.05) is 31.1 Å². The number of aryl methyl sites for hydroxylation is 1. The van der Waals surface area contributed by atoms with Crippen LogP contribution in [0.5, 0.6) is 0 Å². The van der Waals surface area contributed by atoms with Crippen molar-refractivity contribution >= 4 is 23.4 Å². The van der Waals surface area contributed by atoms with E-state index in [1.54, 1.807) is 11.8 Å². The van der Waals surface area contributed by atoms with Gasteiger partial charge in [-0.2, -0.15) is 0 Å². The second kappa shape index (κ2) is 5.77. The number of anilines is 1. The van der Waals surface area contributed by atoms with Crippen molar-refractivity contribution in [2.45, 2.75) is 44.4 Å². The number of carbonyl (C=O) groups is 1. The number of benzene rings is 1. The number of nitrogens with zero attached hydrogens (tertiary/aromatic N) is 1. The van der Waals surface area contributed by atoms with E-state index >= 15 is 0 Å². The van der Waals surface area contributed by atoms with E-state index in [9.17, 15) is 4.79 Å². The number of ketones is 1. The first kappa shape index (κ1) is 16.5. The standard InChI is InChI=1S/C20H22N2O2S/c1-11-16-17(12-5-7-13(25-4)8-6-12)18-14(21-19(16)24-22-11)9-20(2,3)10-15(18)23/h5-8,17,21H,9-10H2,1-4H3/t17-/m0/s1. The SMILES string of the molecule is CSc1ccc([C@@H]2C3=C(CC(C)(C)CC3=O)Nc3onc(C)c32)cc1. The normalized spacial score (nSPS) is 21.6. The van der Waals surface area contributed by atoms with Crippen molar-refractivity contribution in [1.82, 2.24) is 5.16 Å². The van der Waals surface area contributed by atoms with Crippen LogP contribution in [0.4, 0.5) is 5.88 Å². The van der Waals surface area contributed by atoms with E-state index in [0.717, 1.165) is 34.5 Å². The van der Waals surface area contributed by atoms with Crippen molar-refractivity contribution < 1.29 is 9.32 Å². The predicted molar refractivity (Wildman–Crippen MR) is 100.0 cm³/mol. The Morgan fingerprint density at radius 1 is 1.24 bits per heavy atom. The molecule has 1 atom stereocenters. The molecule has 1 aromatic carbocycles. The summed E-state index contributed by atoms with van der Waals surface area (Å²) in [7, 11) is 0. The zero-order valence-corrected chi connectivity index (χ0v) is 15.8. The maximum Gasteiger partial charge on any atom is 0.233 e. The van der Waals surface area contributed by atoms with Crippen LogP contribution in [-0.2, 0) is 4.79 Å². The summed E-state index contributed by atoms with van der Waals surface area (Å²) in [4.78, 5) is 14.3. The predicted octanol–water partition coefficient (Wildman–Crippen LogP) is 4.91. The van der Waals surface area contributed by atoms with E-state index in [4.69, 9.17) is 4.52 Å². The molecule has 4 rings (SSSR count). The molecule has 0 unspecified atom stereocenters. The van der Waals surface area contributed by atoms with E-state index in [1.165, 1.54) is 4.90 Å². The molecule has 2 aliphatic rings. The number of allylic oxidation sites excluding steroid dienone is 2. The Morgan fingerprint density at radius 3 is 2.64 bits per heavy atom. The van der Waals surface area contributed by atoms with Crippen LogP contribution in [0.2, 0.25) is 0 Å². The van der Waals surface area contributed by atoms with E-state index < -0.39 is 0 Å². The van der Waals surface area contributed by atoms with Gasteiger partial charge >= 0.3 is 0 Å². The Hall–Kier alpha value is -2.01. The Labute approximate surface area is 152 Å². The van der Waals surface area contributed by atoms with Gasteiger partial charge in [-0.3, -0.25) is 4.79 Å². The zero-order chi connectivity index (χ0) is 17.8. The molecule has 0 saturated carbocycles. The minimum Gasteiger partial charge on any atom is -0.338 e. The monoisotopic (exact) mass is 354 g/mol. The quantitative estimate of drug-likeness (QED) is 0.777. The molecule has 0 amide bonds. The molecule has 2 heterocycles. The number of aromatic nitrogens is 1. The Kier molecular flexibility index (Phi) is 3.80. The van der Waals surface area contributed by atoms with E-state index in [0.29, 0.717) is 12.3 Å². The molecule has 25 heavy (non-hydrogen) atoms. The van der Waals surface area contributed by atoms with Crippen molar-refractivity contribution in [3.05, 3.63) is 52.4 Å². The number of thioether (sulfide) groups is 1. The molecule has 1 aromatic heterocycles. The topological polar surface area (TPSA) is 55.1 Å². The van der Waals surface area contributed by atoms with Gasteiger partial charge in [0.15, 0.2) is 5.78 Å². The smallest absolute Gasteiger partial charge is 0.233 e. The average Bonchev–Trinajstić information content (AvgIpc) is 2.93. The lowest BCUT2D eigenvalue weighted by molar-refractivity contribution is -0.118. The van der Waals surface area contributed by atoms with Gasteiger partial charge in [0.1, 0.15) is 0 Å². The number of carbonyl (C=O) groups excluding carboxylic acids is 1. The second-order valence-corrected chi connectivity index (χ2v) is 8.55. The molecule has 130 valence electrons. The van der Waals surface area contributed by atoms with E-state index in [1.807, 2.05) is 6.92 Å². The lowest BCUT2D eigenvalue weighted by Crippen LogP contribution is -2.33. The highest BCUT2D eigenvalue weighted by atomic mass is 32.2. The van der Waals surface area contributed by atoms with Gasteiger partial charge in [0, 0.05) is 28.5 Å². The molecule has 5 heteroatoms. The number of fused-ring (bicyclic) bond motifs is 1. The summed E-state index contributed by atoms with van der Waals surface area (Å²) < 4.78 is 5.53. The number of hydrogen-bond donors (Lipinski definition) is 1. The molecule has 0 saturated heterocycles. The summed E-state index contributed by atoms with van der Waals surface area (Å²) >= 11 is 1.72. The number of rotatable bonds is 2. The molecule has 4 nitrogen and oxygen atoms in total. The highest BCUT2D eigenvalue weighted by molar-refractivity contribution is 7.98. The molecule has 2 aromatic rings. The highest BCUT2D eigenvalue weighted by Gasteiger charge is 2.42. The Bertz CT molecular complexity index is 878. The average molecular weight is 354 g/mol. The van der Waals surface area contributed by atoms with Crippen molar-refractivity contribution in [3.8, 4) is 0 Å². The lowest BCUT2D eigenvalue weighted by atomic mass is 9.69. The molecule has 1 aliphatic heterocycles. The van der Waals surface area contributed by atoms with Crippen LogP contribution in [-0.4, -0.2) is 17.2 Å². The summed E-state index contributed by atoms with van der Waals surface area (Å²) in [5, 5.41) is 7.50. The molecule has 1 aliphatic carbocycles. The highest BCUT2D eigenvalue weighted by Crippen LogP contribution is 2.49. The Balaban J connectivity index is 1.89. The minimum absolute atomic E-state index is 0.0389. The fourth-order valence-corrected chi connectivity index (χ4v) is 4.41. The van der Waals surface area contributed by atoms with Gasteiger partial charge in [0.05, 0.1) is 11.3 Å². The minimum atomic E-state index is -0.1000. The summed E-state index contributed by atoms with van der Waals surface area (Å²) in [5.41, 5.74) is 4.78. The van der Waals surface area contributed by atoms with Gasteiger partial charge in [0.2, 0.25) is 5.88 Å². The van der Waals surface area contributed by atoms with Crippen LogP contribution >= 0.6 is 11.8 Å². The lowest BCUT2D eigenvalue weighted by Gasteiger charge is -2.37. The van der Waals surface area contributed by atoms with Crippen LogP contribution < -0.4 is 5.32 Å². The van der Waals surface area contributed by atoms with Gasteiger partial charge in [0.25, 0.3) is 0 Å². The summed E-state index contributed by atoms with van der Waals surface area (Å²) in [5.74, 6) is 0.807. The van der Waals surface area contributed by atoms with Crippen molar-refractivity contribution in [2.75, 3.05) is 11.6 Å². The number of nitrogens with one attached hydrogen (secondary N) is 1. The van der Waals surface area contributed by atoms with Crippen LogP contribution in [0.25, 0.3) is 0 Å². The Morgan fingerprint density at radius 2 is 1.96 bits per heavy atom. The molecule has 0 bridgehead atoms. The summed E-state index contributed by atoms with van der Waals surface area (Å²) in [6.07, 6.45) is 3.48. The van der Waals surface area contributed by atoms with Crippen molar-refractivity contribution in [2.24, 2.45) is 5.41 Å². The van der Waals surface area contributed by atoms with Crippen molar-refractivity contribution in [1.29, 1.82) is 0 Å². The van der Waals surface area contributed by atoms with E-state index in [-0.39, 0.29) is 17.1 Å². The molecular weight excluding hydrogens is 332 g/mol. The first-order chi connectivity index (χ1) is 11.9. The number of hydrogen-bond acceptors (Lipinski definition) is 5. The first-order valence-electron chi connectivity index (χ1n) is 8.53. The third-order valence-electron chi connectivity index (χ3n) is 5.12. The van der Waals surface area contributed by atoms with Gasteiger partial charge in [-0.25, -0.2) is 0 Å². The van der Waals surface area contributed by atoms with Crippen LogP contribution in [0.3, 0.4) is 0 Å². The maximum absolute atomic E-state index is 13.0. The first-order valence-corrected chi connectivity index (χ1v) is 9.75. The van der Waals surface area contributed by atoms with Crippen LogP contribution in [0, 0.1) is 12.3 Å².